The van der Waals surface area contributed by atoms with E-state index in [9.17, 15) is 24.3 Å². The summed E-state index contributed by atoms with van der Waals surface area (Å²) in [6, 6.07) is 2.94. The number of ketones is 2. The zero-order valence-corrected chi connectivity index (χ0v) is 35.9. The summed E-state index contributed by atoms with van der Waals surface area (Å²) < 4.78 is 43.6. The first-order chi connectivity index (χ1) is 26.5. The molecule has 1 unspecified atom stereocenters. The van der Waals surface area contributed by atoms with Crippen molar-refractivity contribution < 1.29 is 47.6 Å². The monoisotopic (exact) mass is 800 g/mol. The average molecular weight is 801 g/mol. The first kappa shape index (κ1) is 44.6. The Morgan fingerprint density at radius 1 is 1.04 bits per heavy atom. The molecular formula is C43H65FN4O9. The standard InChI is InChI=1S/C43H65FN4O9/c1-13-30-43(14-2)33(47(39(53)57-43)20-16-18-41(10,11)48-23-46-36-29(48)17-15-19-45-36)27(6)31(49)25(4)22-40(8,9)35(28(7)34(51)42(12,44)38(52)55-30)56-37-32(50)24(3)21-26(5)54-37/h15,17,19,23-28,30,32-33,35,37,50H,13-14,16,18,20-22H2,1-12H3/t24-,25+,26+,27-,28-,30+,32+,33+,35+,37?,42-,43+/m0/s1. The van der Waals surface area contributed by atoms with E-state index >= 15 is 4.39 Å². The molecule has 1 N–H and O–H groups in total. The maximum absolute atomic E-state index is 16.9. The Labute approximate surface area is 336 Å². The van der Waals surface area contributed by atoms with Crippen LogP contribution >= 0.6 is 0 Å². The van der Waals surface area contributed by atoms with Crippen LogP contribution in [0.4, 0.5) is 9.18 Å². The Bertz CT molecular complexity index is 1800. The Morgan fingerprint density at radius 3 is 2.37 bits per heavy atom. The van der Waals surface area contributed by atoms with E-state index in [-0.39, 0.29) is 43.6 Å². The summed E-state index contributed by atoms with van der Waals surface area (Å²) in [5.74, 6) is -5.42. The lowest BCUT2D eigenvalue weighted by atomic mass is 9.68. The fourth-order valence-electron chi connectivity index (χ4n) is 10.1. The molecule has 5 rings (SSSR count). The van der Waals surface area contributed by atoms with E-state index in [0.717, 1.165) is 12.4 Å². The van der Waals surface area contributed by atoms with Crippen LogP contribution in [0.15, 0.2) is 24.7 Å². The fourth-order valence-corrected chi connectivity index (χ4v) is 10.1. The largest absolute Gasteiger partial charge is 0.455 e. The molecule has 3 saturated heterocycles. The summed E-state index contributed by atoms with van der Waals surface area (Å²) in [7, 11) is 0. The van der Waals surface area contributed by atoms with Gasteiger partial charge in [0.25, 0.3) is 5.67 Å². The molecule has 0 bridgehead atoms. The molecule has 2 aromatic rings. The van der Waals surface area contributed by atoms with Crippen LogP contribution in [0.3, 0.4) is 0 Å². The van der Waals surface area contributed by atoms with Gasteiger partial charge in [-0.2, -0.15) is 0 Å². The normalized spacial score (nSPS) is 37.1. The third-order valence-corrected chi connectivity index (χ3v) is 13.2. The second kappa shape index (κ2) is 16.6. The van der Waals surface area contributed by atoms with Crippen molar-refractivity contribution >= 4 is 34.8 Å². The number of aliphatic hydroxyl groups is 1. The van der Waals surface area contributed by atoms with Gasteiger partial charge in [-0.3, -0.25) is 9.59 Å². The number of imidazole rings is 1. The number of halogens is 1. The molecule has 57 heavy (non-hydrogen) atoms. The number of aromatic nitrogens is 3. The minimum absolute atomic E-state index is 0.119. The zero-order valence-electron chi connectivity index (χ0n) is 35.9. The zero-order chi connectivity index (χ0) is 42.4. The molecule has 5 heterocycles. The van der Waals surface area contributed by atoms with E-state index in [1.165, 1.54) is 6.92 Å². The maximum Gasteiger partial charge on any atom is 0.410 e. The van der Waals surface area contributed by atoms with Crippen LogP contribution in [0.5, 0.6) is 0 Å². The minimum atomic E-state index is -3.11. The van der Waals surface area contributed by atoms with Crippen LogP contribution in [-0.4, -0.2) is 103 Å². The lowest BCUT2D eigenvalue weighted by Crippen LogP contribution is -2.60. The van der Waals surface area contributed by atoms with Gasteiger partial charge in [-0.25, -0.2) is 23.9 Å². The number of esters is 1. The minimum Gasteiger partial charge on any atom is -0.455 e. The highest BCUT2D eigenvalue weighted by Crippen LogP contribution is 2.46. The average Bonchev–Trinajstić information content (AvgIpc) is 3.72. The van der Waals surface area contributed by atoms with Gasteiger partial charge >= 0.3 is 12.1 Å². The number of nitrogens with zero attached hydrogens (tertiary/aromatic N) is 4. The topological polar surface area (TPSA) is 159 Å². The third kappa shape index (κ3) is 8.37. The number of amides is 1. The molecule has 2 aromatic heterocycles. The van der Waals surface area contributed by atoms with Crippen LogP contribution < -0.4 is 0 Å². The SMILES string of the molecule is CC[C@H]1OC(=O)[C@@](C)(F)C(=O)[C@H](C)[C@@H](OC2O[C@H](C)C[C@H](C)[C@H]2O)C(C)(C)C[C@@H](C)C(=O)[C@H](C)[C@H]2N(CCCC(C)(C)n3cnc4ncccc43)C(=O)O[C@]12CC. The quantitative estimate of drug-likeness (QED) is 0.206. The van der Waals surface area contributed by atoms with Gasteiger partial charge in [0.15, 0.2) is 23.3 Å². The van der Waals surface area contributed by atoms with Gasteiger partial charge in [0, 0.05) is 36.0 Å². The molecule has 3 fully saturated rings. The van der Waals surface area contributed by atoms with Gasteiger partial charge in [-0.05, 0) is 89.7 Å². The Balaban J connectivity index is 1.52. The number of fused-ring (bicyclic) bond motifs is 2. The maximum atomic E-state index is 16.9. The van der Waals surface area contributed by atoms with E-state index in [1.807, 2.05) is 46.8 Å². The van der Waals surface area contributed by atoms with E-state index in [4.69, 9.17) is 18.9 Å². The van der Waals surface area contributed by atoms with Crippen LogP contribution in [0.25, 0.3) is 11.2 Å². The molecule has 0 spiro atoms. The van der Waals surface area contributed by atoms with E-state index in [0.29, 0.717) is 24.9 Å². The summed E-state index contributed by atoms with van der Waals surface area (Å²) >= 11 is 0. The number of rotatable bonds is 9. The van der Waals surface area contributed by atoms with Gasteiger partial charge in [-0.1, -0.05) is 55.4 Å². The molecule has 0 aliphatic carbocycles. The predicted octanol–water partition coefficient (Wildman–Crippen LogP) is 6.96. The molecule has 0 saturated carbocycles. The molecule has 13 nitrogen and oxygen atoms in total. The van der Waals surface area contributed by atoms with Gasteiger partial charge in [-0.15, -0.1) is 0 Å². The van der Waals surface area contributed by atoms with E-state index in [1.54, 1.807) is 38.2 Å². The van der Waals surface area contributed by atoms with Crippen molar-refractivity contribution in [1.82, 2.24) is 19.4 Å². The van der Waals surface area contributed by atoms with Gasteiger partial charge in [0.2, 0.25) is 0 Å². The summed E-state index contributed by atoms with van der Waals surface area (Å²) in [5.41, 5.74) is -4.51. The molecule has 3 aliphatic heterocycles. The number of hydrogen-bond acceptors (Lipinski definition) is 11. The van der Waals surface area contributed by atoms with E-state index in [2.05, 4.69) is 28.4 Å². The first-order valence-corrected chi connectivity index (χ1v) is 20.8. The van der Waals surface area contributed by atoms with Crippen molar-refractivity contribution in [1.29, 1.82) is 0 Å². The molecular weight excluding hydrogens is 735 g/mol. The Kier molecular flexibility index (Phi) is 13.0. The number of carbonyl (C=O) groups is 4. The highest BCUT2D eigenvalue weighted by atomic mass is 19.1. The van der Waals surface area contributed by atoms with Crippen molar-refractivity contribution in [2.75, 3.05) is 6.54 Å². The van der Waals surface area contributed by atoms with Crippen LogP contribution in [-0.2, 0) is 38.9 Å². The second-order valence-electron chi connectivity index (χ2n) is 18.5. The molecule has 0 aromatic carbocycles. The molecule has 0 radical (unpaired) electrons. The van der Waals surface area contributed by atoms with E-state index < -0.39 is 88.5 Å². The summed E-state index contributed by atoms with van der Waals surface area (Å²) in [5, 5.41) is 11.1. The van der Waals surface area contributed by atoms with Gasteiger partial charge < -0.3 is 33.5 Å². The van der Waals surface area contributed by atoms with Gasteiger partial charge in [0.1, 0.15) is 18.0 Å². The molecule has 318 valence electrons. The number of carbonyl (C=O) groups excluding carboxylic acids is 4. The van der Waals surface area contributed by atoms with Crippen LogP contribution in [0.2, 0.25) is 0 Å². The van der Waals surface area contributed by atoms with Crippen molar-refractivity contribution in [2.45, 2.75) is 175 Å². The van der Waals surface area contributed by atoms with Crippen LogP contribution in [0.1, 0.15) is 122 Å². The van der Waals surface area contributed by atoms with Gasteiger partial charge in [0.05, 0.1) is 30.1 Å². The highest BCUT2D eigenvalue weighted by Gasteiger charge is 2.63. The Morgan fingerprint density at radius 2 is 1.72 bits per heavy atom. The second-order valence-corrected chi connectivity index (χ2v) is 18.5. The number of Topliss-reactive ketones (excluding diaryl/α,β-unsaturated/α-hetero) is 2. The number of hydrogen-bond donors (Lipinski definition) is 1. The lowest BCUT2D eigenvalue weighted by molar-refractivity contribution is -0.284. The number of ether oxygens (including phenoxy) is 4. The number of pyridine rings is 1. The smallest absolute Gasteiger partial charge is 0.410 e. The molecule has 1 amide bonds. The van der Waals surface area contributed by atoms with Crippen LogP contribution in [0, 0.1) is 29.1 Å². The number of alkyl halides is 1. The summed E-state index contributed by atoms with van der Waals surface area (Å²) in [4.78, 5) is 67.4. The molecule has 3 aliphatic rings. The lowest BCUT2D eigenvalue weighted by Gasteiger charge is -2.46. The summed E-state index contributed by atoms with van der Waals surface area (Å²) in [6.45, 7) is 21.3. The number of aliphatic hydroxyl groups excluding tert-OH is 1. The van der Waals surface area contributed by atoms with Crippen molar-refractivity contribution in [3.63, 3.8) is 0 Å². The van der Waals surface area contributed by atoms with Crippen molar-refractivity contribution in [2.24, 2.45) is 29.1 Å². The third-order valence-electron chi connectivity index (χ3n) is 13.2. The molecule has 12 atom stereocenters. The van der Waals surface area contributed by atoms with Crippen molar-refractivity contribution in [3.05, 3.63) is 24.7 Å². The molecule has 14 heteroatoms. The Hall–Kier alpha value is -3.49. The fraction of sp³-hybridized carbons (Fsp3) is 0.767. The highest BCUT2D eigenvalue weighted by molar-refractivity contribution is 6.07. The summed E-state index contributed by atoms with van der Waals surface area (Å²) in [6.07, 6.45) is 0.393. The van der Waals surface area contributed by atoms with Crippen molar-refractivity contribution in [3.8, 4) is 0 Å². The predicted molar refractivity (Wildman–Crippen MR) is 211 cm³/mol. The number of cyclic esters (lactones) is 1. The first-order valence-electron chi connectivity index (χ1n) is 20.8.